The van der Waals surface area contributed by atoms with Gasteiger partial charge in [-0.3, -0.25) is 0 Å². The molecule has 0 aliphatic heterocycles. The minimum atomic E-state index is 0.0896. The summed E-state index contributed by atoms with van der Waals surface area (Å²) in [7, 11) is 0. The van der Waals surface area contributed by atoms with Crippen molar-refractivity contribution >= 4 is 5.65 Å². The molecule has 0 aliphatic rings. The number of aromatic nitrogens is 2. The number of hydrogen-bond acceptors (Lipinski definition) is 2. The lowest BCUT2D eigenvalue weighted by atomic mass is 10.1. The number of nitrogens with zero attached hydrogens (tertiary/aromatic N) is 2. The molecule has 3 nitrogen and oxygen atoms in total. The SMILES string of the molecule is CCC[C@@H](N)c1cnc2c(C)cccn12. The molecular formula is C12H17N3. The molecule has 0 fully saturated rings. The first-order valence-corrected chi connectivity index (χ1v) is 5.42. The van der Waals surface area contributed by atoms with Crippen LogP contribution in [0.2, 0.25) is 0 Å². The fourth-order valence-corrected chi connectivity index (χ4v) is 1.90. The van der Waals surface area contributed by atoms with Gasteiger partial charge >= 0.3 is 0 Å². The van der Waals surface area contributed by atoms with Crippen molar-refractivity contribution in [2.75, 3.05) is 0 Å². The van der Waals surface area contributed by atoms with Gasteiger partial charge in [0, 0.05) is 12.2 Å². The Morgan fingerprint density at radius 2 is 2.33 bits per heavy atom. The smallest absolute Gasteiger partial charge is 0.139 e. The van der Waals surface area contributed by atoms with Crippen molar-refractivity contribution in [3.8, 4) is 0 Å². The fraction of sp³-hybridized carbons (Fsp3) is 0.417. The third kappa shape index (κ3) is 1.75. The van der Waals surface area contributed by atoms with Crippen molar-refractivity contribution in [3.63, 3.8) is 0 Å². The van der Waals surface area contributed by atoms with E-state index in [9.17, 15) is 0 Å². The van der Waals surface area contributed by atoms with Crippen LogP contribution in [0.5, 0.6) is 0 Å². The van der Waals surface area contributed by atoms with Crippen LogP contribution in [0.4, 0.5) is 0 Å². The molecule has 0 radical (unpaired) electrons. The molecule has 2 heterocycles. The number of pyridine rings is 1. The second kappa shape index (κ2) is 4.03. The largest absolute Gasteiger partial charge is 0.323 e. The summed E-state index contributed by atoms with van der Waals surface area (Å²) < 4.78 is 2.09. The van der Waals surface area contributed by atoms with Crippen LogP contribution in [0.15, 0.2) is 24.5 Å². The van der Waals surface area contributed by atoms with Crippen LogP contribution in [0, 0.1) is 6.92 Å². The van der Waals surface area contributed by atoms with Crippen LogP contribution in [0.25, 0.3) is 5.65 Å². The third-order valence-electron chi connectivity index (χ3n) is 2.74. The van der Waals surface area contributed by atoms with Crippen LogP contribution in [-0.2, 0) is 0 Å². The van der Waals surface area contributed by atoms with Gasteiger partial charge in [0.2, 0.25) is 0 Å². The second-order valence-electron chi connectivity index (χ2n) is 3.96. The number of fused-ring (bicyclic) bond motifs is 1. The lowest BCUT2D eigenvalue weighted by Crippen LogP contribution is -2.12. The first kappa shape index (κ1) is 10.2. The number of nitrogens with two attached hydrogens (primary N) is 1. The van der Waals surface area contributed by atoms with Gasteiger partial charge < -0.3 is 10.1 Å². The van der Waals surface area contributed by atoms with Crippen LogP contribution < -0.4 is 5.73 Å². The summed E-state index contributed by atoms with van der Waals surface area (Å²) in [6.45, 7) is 4.21. The van der Waals surface area contributed by atoms with Crippen molar-refractivity contribution in [1.29, 1.82) is 0 Å². The first-order valence-electron chi connectivity index (χ1n) is 5.42. The van der Waals surface area contributed by atoms with Crippen molar-refractivity contribution in [2.24, 2.45) is 5.73 Å². The van der Waals surface area contributed by atoms with Crippen molar-refractivity contribution < 1.29 is 0 Å². The number of imidazole rings is 1. The number of aryl methyl sites for hydroxylation is 1. The Balaban J connectivity index is 2.49. The molecule has 2 aromatic rings. The number of rotatable bonds is 3. The van der Waals surface area contributed by atoms with Gasteiger partial charge in [-0.25, -0.2) is 4.98 Å². The summed E-state index contributed by atoms with van der Waals surface area (Å²) in [6, 6.07) is 4.19. The van der Waals surface area contributed by atoms with Gasteiger partial charge in [0.15, 0.2) is 0 Å². The minimum Gasteiger partial charge on any atom is -0.323 e. The van der Waals surface area contributed by atoms with E-state index >= 15 is 0 Å². The quantitative estimate of drug-likeness (QED) is 0.832. The number of hydrogen-bond donors (Lipinski definition) is 1. The maximum Gasteiger partial charge on any atom is 0.139 e. The lowest BCUT2D eigenvalue weighted by molar-refractivity contribution is 0.617. The van der Waals surface area contributed by atoms with E-state index in [0.717, 1.165) is 24.2 Å². The maximum atomic E-state index is 6.11. The monoisotopic (exact) mass is 203 g/mol. The van der Waals surface area contributed by atoms with Gasteiger partial charge in [-0.15, -0.1) is 0 Å². The average molecular weight is 203 g/mol. The molecule has 0 aromatic carbocycles. The average Bonchev–Trinajstić information content (AvgIpc) is 2.63. The maximum absolute atomic E-state index is 6.11. The van der Waals surface area contributed by atoms with E-state index in [1.165, 1.54) is 5.56 Å². The standard InChI is InChI=1S/C12H17N3/c1-3-5-10(13)11-8-14-12-9(2)6-4-7-15(11)12/h4,6-8,10H,3,5,13H2,1-2H3/t10-/m1/s1. The van der Waals surface area contributed by atoms with E-state index in [0.29, 0.717) is 0 Å². The van der Waals surface area contributed by atoms with Crippen LogP contribution in [-0.4, -0.2) is 9.38 Å². The molecule has 80 valence electrons. The molecule has 2 aromatic heterocycles. The van der Waals surface area contributed by atoms with Crippen molar-refractivity contribution in [3.05, 3.63) is 35.8 Å². The molecule has 0 saturated heterocycles. The Morgan fingerprint density at radius 3 is 3.07 bits per heavy atom. The van der Waals surface area contributed by atoms with E-state index < -0.39 is 0 Å². The zero-order valence-corrected chi connectivity index (χ0v) is 9.27. The molecule has 0 amide bonds. The van der Waals surface area contributed by atoms with Gasteiger partial charge in [0.05, 0.1) is 11.9 Å². The van der Waals surface area contributed by atoms with Gasteiger partial charge in [-0.05, 0) is 25.0 Å². The van der Waals surface area contributed by atoms with Crippen molar-refractivity contribution in [2.45, 2.75) is 32.7 Å². The Morgan fingerprint density at radius 1 is 1.53 bits per heavy atom. The molecule has 0 aliphatic carbocycles. The molecule has 15 heavy (non-hydrogen) atoms. The second-order valence-corrected chi connectivity index (χ2v) is 3.96. The highest BCUT2D eigenvalue weighted by atomic mass is 15.0. The highest BCUT2D eigenvalue weighted by Gasteiger charge is 2.11. The molecule has 2 N–H and O–H groups in total. The van der Waals surface area contributed by atoms with E-state index in [-0.39, 0.29) is 6.04 Å². The van der Waals surface area contributed by atoms with Gasteiger partial charge in [-0.2, -0.15) is 0 Å². The minimum absolute atomic E-state index is 0.0896. The van der Waals surface area contributed by atoms with Crippen LogP contribution in [0.1, 0.15) is 37.1 Å². The molecule has 1 atom stereocenters. The molecule has 0 unspecified atom stereocenters. The Kier molecular flexibility index (Phi) is 2.73. The summed E-state index contributed by atoms with van der Waals surface area (Å²) >= 11 is 0. The summed E-state index contributed by atoms with van der Waals surface area (Å²) in [5.41, 5.74) is 9.41. The molecule has 2 rings (SSSR count). The van der Waals surface area contributed by atoms with Crippen molar-refractivity contribution in [1.82, 2.24) is 9.38 Å². The summed E-state index contributed by atoms with van der Waals surface area (Å²) in [5, 5.41) is 0. The van der Waals surface area contributed by atoms with Crippen LogP contribution >= 0.6 is 0 Å². The van der Waals surface area contributed by atoms with Gasteiger partial charge in [0.25, 0.3) is 0 Å². The Labute approximate surface area is 89.9 Å². The zero-order valence-electron chi connectivity index (χ0n) is 9.27. The molecule has 0 bridgehead atoms. The van der Waals surface area contributed by atoms with Gasteiger partial charge in [-0.1, -0.05) is 19.4 Å². The highest BCUT2D eigenvalue weighted by Crippen LogP contribution is 2.18. The van der Waals surface area contributed by atoms with Crippen LogP contribution in [0.3, 0.4) is 0 Å². The topological polar surface area (TPSA) is 43.3 Å². The molecule has 0 saturated carbocycles. The predicted molar refractivity (Wildman–Crippen MR) is 61.8 cm³/mol. The third-order valence-corrected chi connectivity index (χ3v) is 2.74. The highest BCUT2D eigenvalue weighted by molar-refractivity contribution is 5.48. The molecular weight excluding hydrogens is 186 g/mol. The van der Waals surface area contributed by atoms with E-state index in [1.54, 1.807) is 0 Å². The van der Waals surface area contributed by atoms with E-state index in [2.05, 4.69) is 29.3 Å². The summed E-state index contributed by atoms with van der Waals surface area (Å²) in [4.78, 5) is 4.40. The molecule has 3 heteroatoms. The summed E-state index contributed by atoms with van der Waals surface area (Å²) in [6.07, 6.45) is 6.02. The Hall–Kier alpha value is -1.35. The van der Waals surface area contributed by atoms with E-state index in [1.807, 2.05) is 18.5 Å². The first-order chi connectivity index (χ1) is 7.24. The fourth-order valence-electron chi connectivity index (χ4n) is 1.90. The lowest BCUT2D eigenvalue weighted by Gasteiger charge is -2.09. The predicted octanol–water partition coefficient (Wildman–Crippen LogP) is 2.44. The molecule has 0 spiro atoms. The summed E-state index contributed by atoms with van der Waals surface area (Å²) in [5.74, 6) is 0. The zero-order chi connectivity index (χ0) is 10.8. The normalized spacial score (nSPS) is 13.3. The van der Waals surface area contributed by atoms with E-state index in [4.69, 9.17) is 5.73 Å². The Bertz CT molecular complexity index is 459. The van der Waals surface area contributed by atoms with Gasteiger partial charge in [0.1, 0.15) is 5.65 Å².